The number of hydrogen-bond acceptors (Lipinski definition) is 5. The van der Waals surface area contributed by atoms with E-state index in [0.29, 0.717) is 0 Å². The summed E-state index contributed by atoms with van der Waals surface area (Å²) in [5.41, 5.74) is 0.868. The Morgan fingerprint density at radius 2 is 2.14 bits per heavy atom. The molecule has 3 heterocycles. The first-order chi connectivity index (χ1) is 10.7. The number of hydrogen-bond donors (Lipinski definition) is 0. The van der Waals surface area contributed by atoms with Crippen molar-refractivity contribution < 1.29 is 4.79 Å². The zero-order chi connectivity index (χ0) is 15.4. The maximum atomic E-state index is 12.2. The van der Waals surface area contributed by atoms with Gasteiger partial charge < -0.3 is 4.90 Å². The number of aryl methyl sites for hydroxylation is 1. The maximum absolute atomic E-state index is 12.2. The van der Waals surface area contributed by atoms with E-state index in [-0.39, 0.29) is 5.91 Å². The molecule has 0 aromatic carbocycles. The molecule has 22 heavy (non-hydrogen) atoms. The lowest BCUT2D eigenvalue weighted by Crippen LogP contribution is -2.47. The van der Waals surface area contributed by atoms with E-state index in [0.717, 1.165) is 43.4 Å². The predicted octanol–water partition coefficient (Wildman–Crippen LogP) is 2.87. The van der Waals surface area contributed by atoms with Crippen molar-refractivity contribution in [2.75, 3.05) is 26.2 Å². The van der Waals surface area contributed by atoms with Crippen LogP contribution in [0.15, 0.2) is 29.0 Å². The molecular formula is C16H19N3OS2. The summed E-state index contributed by atoms with van der Waals surface area (Å²) in [5, 5.41) is 5.10. The van der Waals surface area contributed by atoms with Crippen LogP contribution in [0.3, 0.4) is 0 Å². The molecule has 0 saturated carbocycles. The zero-order valence-corrected chi connectivity index (χ0v) is 14.2. The molecule has 0 bridgehead atoms. The van der Waals surface area contributed by atoms with Gasteiger partial charge in [0.05, 0.1) is 10.7 Å². The first kappa shape index (κ1) is 15.4. The molecule has 2 aromatic heterocycles. The van der Waals surface area contributed by atoms with E-state index >= 15 is 0 Å². The van der Waals surface area contributed by atoms with Crippen LogP contribution >= 0.6 is 22.7 Å². The number of piperazine rings is 1. The van der Waals surface area contributed by atoms with Crippen LogP contribution in [0.1, 0.15) is 15.6 Å². The highest BCUT2D eigenvalue weighted by Gasteiger charge is 2.19. The van der Waals surface area contributed by atoms with E-state index < -0.39 is 0 Å². The summed E-state index contributed by atoms with van der Waals surface area (Å²) in [6.07, 6.45) is 3.45. The number of carbonyl (C=O) groups excluding carboxylic acids is 1. The van der Waals surface area contributed by atoms with Gasteiger partial charge in [0.15, 0.2) is 0 Å². The molecule has 1 aliphatic heterocycles. The van der Waals surface area contributed by atoms with Gasteiger partial charge in [-0.2, -0.15) is 0 Å². The van der Waals surface area contributed by atoms with Gasteiger partial charge in [0.2, 0.25) is 5.91 Å². The summed E-state index contributed by atoms with van der Waals surface area (Å²) in [6, 6.07) is 4.26. The molecule has 0 aliphatic carbocycles. The molecule has 0 atom stereocenters. The number of aromatic nitrogens is 1. The van der Waals surface area contributed by atoms with Crippen LogP contribution in [0.4, 0.5) is 0 Å². The molecule has 116 valence electrons. The smallest absolute Gasteiger partial charge is 0.246 e. The fourth-order valence-electron chi connectivity index (χ4n) is 2.47. The van der Waals surface area contributed by atoms with Gasteiger partial charge in [-0.1, -0.05) is 6.07 Å². The fourth-order valence-corrected chi connectivity index (χ4v) is 3.79. The molecule has 3 rings (SSSR count). The van der Waals surface area contributed by atoms with Crippen molar-refractivity contribution in [2.24, 2.45) is 0 Å². The third-order valence-corrected chi connectivity index (χ3v) is 5.33. The molecule has 1 fully saturated rings. The number of thiazole rings is 1. The molecule has 1 saturated heterocycles. The van der Waals surface area contributed by atoms with Crippen LogP contribution in [0, 0.1) is 6.92 Å². The third-order valence-electron chi connectivity index (χ3n) is 3.68. The van der Waals surface area contributed by atoms with E-state index in [1.165, 1.54) is 4.88 Å². The Balaban J connectivity index is 1.48. The second-order valence-electron chi connectivity index (χ2n) is 5.31. The summed E-state index contributed by atoms with van der Waals surface area (Å²) in [5.74, 6) is 0.0847. The lowest BCUT2D eigenvalue weighted by atomic mass is 10.3. The van der Waals surface area contributed by atoms with Crippen LogP contribution < -0.4 is 0 Å². The van der Waals surface area contributed by atoms with E-state index in [2.05, 4.69) is 27.4 Å². The lowest BCUT2D eigenvalue weighted by Gasteiger charge is -2.33. The first-order valence-electron chi connectivity index (χ1n) is 7.34. The van der Waals surface area contributed by atoms with Crippen molar-refractivity contribution >= 4 is 34.7 Å². The van der Waals surface area contributed by atoms with E-state index in [9.17, 15) is 4.79 Å². The lowest BCUT2D eigenvalue weighted by molar-refractivity contribution is -0.127. The minimum atomic E-state index is 0.0847. The Morgan fingerprint density at radius 1 is 1.32 bits per heavy atom. The van der Waals surface area contributed by atoms with Gasteiger partial charge in [0.25, 0.3) is 0 Å². The van der Waals surface area contributed by atoms with Crippen LogP contribution in [-0.4, -0.2) is 46.9 Å². The highest BCUT2D eigenvalue weighted by atomic mass is 32.1. The quantitative estimate of drug-likeness (QED) is 0.807. The van der Waals surface area contributed by atoms with Crippen molar-refractivity contribution in [1.29, 1.82) is 0 Å². The van der Waals surface area contributed by atoms with Crippen molar-refractivity contribution in [2.45, 2.75) is 13.5 Å². The van der Waals surface area contributed by atoms with Gasteiger partial charge in [-0.15, -0.1) is 22.7 Å². The van der Waals surface area contributed by atoms with Gasteiger partial charge in [-0.05, 0) is 24.4 Å². The average Bonchev–Trinajstić information content (AvgIpc) is 3.17. The minimum absolute atomic E-state index is 0.0847. The standard InChI is InChI=1S/C16H19N3OS2/c1-13-17-14(12-22-13)4-5-16(20)19-8-6-18(7-9-19)11-15-3-2-10-21-15/h2-5,10,12H,6-9,11H2,1H3/b5-4-. The van der Waals surface area contributed by atoms with Gasteiger partial charge in [0.1, 0.15) is 0 Å². The predicted molar refractivity (Wildman–Crippen MR) is 92.1 cm³/mol. The van der Waals surface area contributed by atoms with E-state index in [4.69, 9.17) is 0 Å². The van der Waals surface area contributed by atoms with Crippen molar-refractivity contribution in [3.05, 3.63) is 44.5 Å². The van der Waals surface area contributed by atoms with Crippen LogP contribution in [0.5, 0.6) is 0 Å². The molecule has 2 aromatic rings. The largest absolute Gasteiger partial charge is 0.337 e. The van der Waals surface area contributed by atoms with Gasteiger partial charge in [-0.25, -0.2) is 4.98 Å². The molecule has 0 radical (unpaired) electrons. The van der Waals surface area contributed by atoms with Crippen LogP contribution in [0.25, 0.3) is 6.08 Å². The highest BCUT2D eigenvalue weighted by molar-refractivity contribution is 7.10. The molecular weight excluding hydrogens is 314 g/mol. The summed E-state index contributed by atoms with van der Waals surface area (Å²) < 4.78 is 0. The van der Waals surface area contributed by atoms with Crippen molar-refractivity contribution in [1.82, 2.24) is 14.8 Å². The number of rotatable bonds is 4. The Morgan fingerprint density at radius 3 is 2.77 bits per heavy atom. The van der Waals surface area contributed by atoms with Crippen molar-refractivity contribution in [3.8, 4) is 0 Å². The van der Waals surface area contributed by atoms with Crippen LogP contribution in [-0.2, 0) is 11.3 Å². The Labute approximate surface area is 138 Å². The second-order valence-corrected chi connectivity index (χ2v) is 7.40. The first-order valence-corrected chi connectivity index (χ1v) is 9.10. The monoisotopic (exact) mass is 333 g/mol. The molecule has 6 heteroatoms. The molecule has 4 nitrogen and oxygen atoms in total. The SMILES string of the molecule is Cc1nc(/C=C\C(=O)N2CCN(Cc3cccs3)CC2)cs1. The number of nitrogens with zero attached hydrogens (tertiary/aromatic N) is 3. The number of amides is 1. The molecule has 0 N–H and O–H groups in total. The van der Waals surface area contributed by atoms with E-state index in [1.54, 1.807) is 28.7 Å². The average molecular weight is 333 g/mol. The molecule has 1 amide bonds. The third kappa shape index (κ3) is 4.03. The number of thiophene rings is 1. The minimum Gasteiger partial charge on any atom is -0.337 e. The Hall–Kier alpha value is -1.50. The Kier molecular flexibility index (Phi) is 5.02. The highest BCUT2D eigenvalue weighted by Crippen LogP contribution is 2.14. The molecule has 0 spiro atoms. The summed E-state index contributed by atoms with van der Waals surface area (Å²) in [7, 11) is 0. The summed E-state index contributed by atoms with van der Waals surface area (Å²) >= 11 is 3.39. The van der Waals surface area contributed by atoms with Gasteiger partial charge in [0, 0.05) is 49.1 Å². The zero-order valence-electron chi connectivity index (χ0n) is 12.6. The number of carbonyl (C=O) groups is 1. The second kappa shape index (κ2) is 7.17. The van der Waals surface area contributed by atoms with Crippen LogP contribution in [0.2, 0.25) is 0 Å². The van der Waals surface area contributed by atoms with Gasteiger partial charge >= 0.3 is 0 Å². The summed E-state index contributed by atoms with van der Waals surface area (Å²) in [6.45, 7) is 6.43. The molecule has 0 unspecified atom stereocenters. The topological polar surface area (TPSA) is 36.4 Å². The normalized spacial score (nSPS) is 16.5. The van der Waals surface area contributed by atoms with Crippen molar-refractivity contribution in [3.63, 3.8) is 0 Å². The molecule has 1 aliphatic rings. The maximum Gasteiger partial charge on any atom is 0.246 e. The fraction of sp³-hybridized carbons (Fsp3) is 0.375. The van der Waals surface area contributed by atoms with Gasteiger partial charge in [-0.3, -0.25) is 9.69 Å². The summed E-state index contributed by atoms with van der Waals surface area (Å²) in [4.78, 5) is 22.2. The van der Waals surface area contributed by atoms with E-state index in [1.807, 2.05) is 23.3 Å². The Bertz CT molecular complexity index is 640.